The van der Waals surface area contributed by atoms with Crippen LogP contribution in [0.5, 0.6) is 0 Å². The minimum Gasteiger partial charge on any atom is -0.790 e. The number of nitrogens with two attached hydrogens (primary N) is 1. The number of phosphoric ester groups is 1. The van der Waals surface area contributed by atoms with E-state index in [0.717, 1.165) is 0 Å². The topological polar surface area (TPSA) is 126 Å². The molecule has 0 fully saturated rings. The Balaban J connectivity index is -0.000000605. The van der Waals surface area contributed by atoms with Crippen LogP contribution in [0.1, 0.15) is 0 Å². The number of phosphoric acid groups is 1. The molecule has 0 saturated heterocycles. The van der Waals surface area contributed by atoms with Gasteiger partial charge in [-0.2, -0.15) is 0 Å². The Morgan fingerprint density at radius 2 is 2.00 bits per heavy atom. The van der Waals surface area contributed by atoms with Gasteiger partial charge in [-0.3, -0.25) is 5.41 Å². The van der Waals surface area contributed by atoms with Crippen molar-refractivity contribution in [2.75, 3.05) is 20.2 Å². The molecule has 0 unspecified atom stereocenters. The summed E-state index contributed by atoms with van der Waals surface area (Å²) in [5, 5.41) is 6.86. The van der Waals surface area contributed by atoms with Crippen LogP contribution in [0.2, 0.25) is 0 Å². The van der Waals surface area contributed by atoms with E-state index in [-0.39, 0.29) is 78.2 Å². The van der Waals surface area contributed by atoms with E-state index in [1.807, 2.05) is 0 Å². The molecule has 0 heterocycles. The Kier molecular flexibility index (Phi) is 14.2. The predicted molar refractivity (Wildman–Crippen MR) is 38.1 cm³/mol. The maximum absolute atomic E-state index is 9.93. The zero-order chi connectivity index (χ0) is 9.78. The van der Waals surface area contributed by atoms with Crippen molar-refractivity contribution in [1.82, 2.24) is 4.90 Å². The van der Waals surface area contributed by atoms with Crippen LogP contribution in [0, 0.1) is 5.41 Å². The van der Waals surface area contributed by atoms with Gasteiger partial charge in [-0.05, 0) is 0 Å². The van der Waals surface area contributed by atoms with Crippen LogP contribution in [0.4, 0.5) is 0 Å². The summed E-state index contributed by atoms with van der Waals surface area (Å²) < 4.78 is 13.8. The van der Waals surface area contributed by atoms with Gasteiger partial charge in [0, 0.05) is 13.6 Å². The third-order valence-corrected chi connectivity index (χ3v) is 1.59. The number of guanidine groups is 1. The summed E-state index contributed by atoms with van der Waals surface area (Å²) in [4.78, 5) is 21.1. The first-order valence-corrected chi connectivity index (χ1v) is 4.51. The molecule has 0 bridgehead atoms. The molecular weight excluding hydrogens is 231 g/mol. The molecule has 7 nitrogen and oxygen atoms in total. The summed E-state index contributed by atoms with van der Waals surface area (Å²) in [6, 6.07) is 0. The van der Waals surface area contributed by atoms with Crippen LogP contribution in [-0.2, 0) is 9.09 Å². The van der Waals surface area contributed by atoms with Crippen LogP contribution in [0.15, 0.2) is 0 Å². The van der Waals surface area contributed by atoms with Crippen LogP contribution in [0.25, 0.3) is 0 Å². The van der Waals surface area contributed by atoms with Crippen molar-refractivity contribution in [2.45, 2.75) is 0 Å². The number of hydrogen-bond acceptors (Lipinski definition) is 5. The van der Waals surface area contributed by atoms with Crippen LogP contribution in [-0.4, -0.2) is 31.1 Å². The summed E-state index contributed by atoms with van der Waals surface area (Å²) in [5.41, 5.74) is 5.01. The second-order valence-electron chi connectivity index (χ2n) is 2.09. The quantitative estimate of drug-likeness (QED) is 0.218. The van der Waals surface area contributed by atoms with Crippen molar-refractivity contribution in [2.24, 2.45) is 5.73 Å². The normalized spacial score (nSPS) is 9.64. The molecule has 0 radical (unpaired) electrons. The smallest absolute Gasteiger partial charge is 0.790 e. The Bertz CT molecular complexity index is 211. The number of likely N-dealkylation sites (N-methyl/N-ethyl adjacent to an activating group) is 1. The summed E-state index contributed by atoms with van der Waals surface area (Å²) in [6.07, 6.45) is 0. The van der Waals surface area contributed by atoms with E-state index in [9.17, 15) is 14.4 Å². The SMILES string of the molecule is CN(CCOP(=O)([O-])[O-])C(=N)N.[Na+].[Na+]. The van der Waals surface area contributed by atoms with Crippen molar-refractivity contribution < 1.29 is 78.0 Å². The molecule has 3 N–H and O–H groups in total. The Morgan fingerprint density at radius 3 is 2.29 bits per heavy atom. The maximum atomic E-state index is 9.93. The fourth-order valence-corrected chi connectivity index (χ4v) is 0.715. The molecule has 0 spiro atoms. The van der Waals surface area contributed by atoms with Gasteiger partial charge in [0.05, 0.1) is 14.4 Å². The zero-order valence-corrected chi connectivity index (χ0v) is 13.4. The average molecular weight is 241 g/mol. The molecular formula is C4H10N3Na2O4P. The summed E-state index contributed by atoms with van der Waals surface area (Å²) in [5.74, 6) is -0.217. The van der Waals surface area contributed by atoms with Gasteiger partial charge < -0.3 is 29.5 Å². The standard InChI is InChI=1S/C4H12N3O4P.2Na/c1-7(4(5)6)2-3-11-12(8,9)10;;/h2-3H2,1H3,(H3,5,6)(H2,8,9,10);;/q;2*+1/p-2. The molecule has 10 heteroatoms. The second kappa shape index (κ2) is 9.59. The third kappa shape index (κ3) is 13.4. The summed E-state index contributed by atoms with van der Waals surface area (Å²) >= 11 is 0. The first kappa shape index (κ1) is 20.8. The monoisotopic (exact) mass is 241 g/mol. The number of nitrogens with one attached hydrogen (secondary N) is 1. The molecule has 0 aliphatic heterocycles. The molecule has 0 aromatic carbocycles. The number of rotatable bonds is 4. The number of hydrogen-bond donors (Lipinski definition) is 2. The van der Waals surface area contributed by atoms with E-state index >= 15 is 0 Å². The van der Waals surface area contributed by atoms with Crippen molar-refractivity contribution in [3.8, 4) is 0 Å². The maximum Gasteiger partial charge on any atom is 1.00 e. The van der Waals surface area contributed by atoms with Crippen molar-refractivity contribution in [3.05, 3.63) is 0 Å². The zero-order valence-electron chi connectivity index (χ0n) is 8.52. The first-order valence-electron chi connectivity index (χ1n) is 3.04. The van der Waals surface area contributed by atoms with Gasteiger partial charge >= 0.3 is 59.1 Å². The van der Waals surface area contributed by atoms with Crippen molar-refractivity contribution in [3.63, 3.8) is 0 Å². The predicted octanol–water partition coefficient (Wildman–Crippen LogP) is -8.34. The summed E-state index contributed by atoms with van der Waals surface area (Å²) in [7, 11) is -3.41. The second-order valence-corrected chi connectivity index (χ2v) is 3.24. The van der Waals surface area contributed by atoms with Crippen molar-refractivity contribution in [1.29, 1.82) is 5.41 Å². The van der Waals surface area contributed by atoms with Crippen LogP contribution in [0.3, 0.4) is 0 Å². The minimum atomic E-state index is -4.89. The first-order chi connectivity index (χ1) is 5.33. The Morgan fingerprint density at radius 1 is 1.57 bits per heavy atom. The van der Waals surface area contributed by atoms with Gasteiger partial charge in [-0.15, -0.1) is 0 Å². The molecule has 0 aliphatic rings. The molecule has 0 atom stereocenters. The molecule has 0 aliphatic carbocycles. The molecule has 0 aromatic rings. The van der Waals surface area contributed by atoms with Gasteiger partial charge in [0.2, 0.25) is 0 Å². The molecule has 0 saturated carbocycles. The van der Waals surface area contributed by atoms with Crippen molar-refractivity contribution >= 4 is 13.8 Å². The van der Waals surface area contributed by atoms with Gasteiger partial charge in [-0.25, -0.2) is 0 Å². The fraction of sp³-hybridized carbons (Fsp3) is 0.750. The number of nitrogens with zero attached hydrogens (tertiary/aromatic N) is 1. The molecule has 14 heavy (non-hydrogen) atoms. The van der Waals surface area contributed by atoms with E-state index in [4.69, 9.17) is 11.1 Å². The molecule has 72 valence electrons. The molecule has 0 rings (SSSR count). The molecule has 0 amide bonds. The van der Waals surface area contributed by atoms with Gasteiger partial charge in [0.1, 0.15) is 0 Å². The van der Waals surface area contributed by atoms with E-state index < -0.39 is 7.82 Å². The van der Waals surface area contributed by atoms with E-state index in [1.54, 1.807) is 0 Å². The van der Waals surface area contributed by atoms with Crippen LogP contribution < -0.4 is 74.6 Å². The Labute approximate surface area is 127 Å². The third-order valence-electron chi connectivity index (χ3n) is 1.09. The Hall–Kier alpha value is 1.38. The van der Waals surface area contributed by atoms with Gasteiger partial charge in [-0.1, -0.05) is 0 Å². The minimum absolute atomic E-state index is 0. The van der Waals surface area contributed by atoms with Gasteiger partial charge in [0.15, 0.2) is 5.96 Å². The van der Waals surface area contributed by atoms with E-state index in [2.05, 4.69) is 4.52 Å². The fourth-order valence-electron chi connectivity index (χ4n) is 0.410. The summed E-state index contributed by atoms with van der Waals surface area (Å²) in [6.45, 7) is -0.204. The largest absolute Gasteiger partial charge is 1.00 e. The van der Waals surface area contributed by atoms with Gasteiger partial charge in [0.25, 0.3) is 0 Å². The van der Waals surface area contributed by atoms with E-state index in [1.165, 1.54) is 11.9 Å². The average Bonchev–Trinajstić information content (AvgIpc) is 1.84. The molecule has 0 aromatic heterocycles. The van der Waals surface area contributed by atoms with E-state index in [0.29, 0.717) is 0 Å². The van der Waals surface area contributed by atoms with Crippen LogP contribution >= 0.6 is 7.82 Å².